The van der Waals surface area contributed by atoms with Crippen LogP contribution in [0.4, 0.5) is 14.5 Å². The summed E-state index contributed by atoms with van der Waals surface area (Å²) in [6, 6.07) is 11.9. The lowest BCUT2D eigenvalue weighted by molar-refractivity contribution is -0.147. The van der Waals surface area contributed by atoms with Crippen molar-refractivity contribution in [2.24, 2.45) is 11.0 Å². The van der Waals surface area contributed by atoms with E-state index in [1.165, 1.54) is 31.4 Å². The van der Waals surface area contributed by atoms with E-state index in [-0.39, 0.29) is 17.6 Å². The van der Waals surface area contributed by atoms with E-state index >= 15 is 0 Å². The Hall–Kier alpha value is -2.76. The molecule has 0 amide bonds. The molecule has 1 heterocycles. The maximum Gasteiger partial charge on any atom is 0.334 e. The Morgan fingerprint density at radius 2 is 1.68 bits per heavy atom. The van der Waals surface area contributed by atoms with E-state index in [9.17, 15) is 13.6 Å². The highest BCUT2D eigenvalue weighted by atomic mass is 19.1. The quantitative estimate of drug-likeness (QED) is 0.661. The Bertz CT molecular complexity index is 865. The predicted octanol–water partition coefficient (Wildman–Crippen LogP) is 4.93. The van der Waals surface area contributed by atoms with Crippen molar-refractivity contribution >= 4 is 17.4 Å². The average Bonchev–Trinajstić information content (AvgIpc) is 3.00. The Labute approximate surface area is 163 Å². The van der Waals surface area contributed by atoms with Gasteiger partial charge in [-0.15, -0.1) is 0 Å². The predicted molar refractivity (Wildman–Crippen MR) is 105 cm³/mol. The zero-order valence-corrected chi connectivity index (χ0v) is 16.3. The number of nitrogens with zero attached hydrogens (tertiary/aromatic N) is 2. The number of hydrazone groups is 1. The molecular weight excluding hydrogens is 362 g/mol. The van der Waals surface area contributed by atoms with E-state index in [0.717, 1.165) is 24.8 Å². The van der Waals surface area contributed by atoms with Gasteiger partial charge in [-0.25, -0.2) is 18.6 Å². The molecule has 2 aromatic rings. The normalized spacial score (nSPS) is 21.5. The van der Waals surface area contributed by atoms with Crippen LogP contribution in [0.2, 0.25) is 0 Å². The molecule has 0 radical (unpaired) electrons. The topological polar surface area (TPSA) is 41.9 Å². The number of anilines is 1. The number of halogens is 2. The molecule has 2 aromatic carbocycles. The number of hydrogen-bond acceptors (Lipinski definition) is 4. The summed E-state index contributed by atoms with van der Waals surface area (Å²) >= 11 is 0. The van der Waals surface area contributed by atoms with Crippen LogP contribution in [0, 0.1) is 17.6 Å². The third-order valence-corrected chi connectivity index (χ3v) is 5.31. The fourth-order valence-corrected chi connectivity index (χ4v) is 3.74. The van der Waals surface area contributed by atoms with Gasteiger partial charge in [0.05, 0.1) is 18.5 Å². The van der Waals surface area contributed by atoms with Gasteiger partial charge in [0.25, 0.3) is 0 Å². The van der Waals surface area contributed by atoms with Crippen LogP contribution < -0.4 is 5.01 Å². The van der Waals surface area contributed by atoms with Crippen LogP contribution in [-0.2, 0) is 9.53 Å². The van der Waals surface area contributed by atoms with Gasteiger partial charge >= 0.3 is 5.97 Å². The molecule has 4 nitrogen and oxygen atoms in total. The standard InChI is InChI=1S/C22H24F2N2O2/c1-4-5-6-19-20(15-7-9-16(23)10-8-15)25-26(22(19,2)21(27)28-3)18-13-11-17(24)12-14-18/h7-14,19H,4-6H2,1-3H3. The zero-order valence-electron chi connectivity index (χ0n) is 16.3. The molecule has 2 unspecified atom stereocenters. The van der Waals surface area contributed by atoms with Gasteiger partial charge in [-0.1, -0.05) is 31.9 Å². The molecule has 1 aliphatic rings. The van der Waals surface area contributed by atoms with Crippen LogP contribution in [0.1, 0.15) is 38.7 Å². The molecule has 0 aromatic heterocycles. The monoisotopic (exact) mass is 386 g/mol. The maximum atomic E-state index is 13.4. The first-order valence-electron chi connectivity index (χ1n) is 9.40. The summed E-state index contributed by atoms with van der Waals surface area (Å²) in [5.41, 5.74) is 0.951. The van der Waals surface area contributed by atoms with Gasteiger partial charge in [-0.2, -0.15) is 5.10 Å². The summed E-state index contributed by atoms with van der Waals surface area (Å²) in [5.74, 6) is -1.37. The second-order valence-electron chi connectivity index (χ2n) is 7.11. The van der Waals surface area contributed by atoms with E-state index in [1.54, 1.807) is 36.2 Å². The van der Waals surface area contributed by atoms with Crippen molar-refractivity contribution in [1.29, 1.82) is 0 Å². The summed E-state index contributed by atoms with van der Waals surface area (Å²) in [4.78, 5) is 12.9. The van der Waals surface area contributed by atoms with Gasteiger partial charge in [0.1, 0.15) is 11.6 Å². The van der Waals surface area contributed by atoms with Gasteiger partial charge in [0, 0.05) is 5.92 Å². The molecule has 0 spiro atoms. The molecule has 28 heavy (non-hydrogen) atoms. The second kappa shape index (κ2) is 8.09. The van der Waals surface area contributed by atoms with Crippen LogP contribution in [0.25, 0.3) is 0 Å². The largest absolute Gasteiger partial charge is 0.467 e. The molecule has 0 fully saturated rings. The molecule has 1 aliphatic heterocycles. The van der Waals surface area contributed by atoms with E-state index < -0.39 is 11.5 Å². The van der Waals surface area contributed by atoms with Crippen LogP contribution in [0.15, 0.2) is 53.6 Å². The number of esters is 1. The highest BCUT2D eigenvalue weighted by molar-refractivity contribution is 6.09. The van der Waals surface area contributed by atoms with Gasteiger partial charge in [0.2, 0.25) is 0 Å². The zero-order chi connectivity index (χ0) is 20.3. The van der Waals surface area contributed by atoms with Crippen LogP contribution in [-0.4, -0.2) is 24.3 Å². The number of carbonyl (C=O) groups is 1. The molecule has 6 heteroatoms. The number of unbranched alkanes of at least 4 members (excludes halogenated alkanes) is 1. The van der Waals surface area contributed by atoms with Gasteiger partial charge < -0.3 is 4.74 Å². The smallest absolute Gasteiger partial charge is 0.334 e. The maximum absolute atomic E-state index is 13.4. The fraction of sp³-hybridized carbons (Fsp3) is 0.364. The van der Waals surface area contributed by atoms with Gasteiger partial charge in [0.15, 0.2) is 5.54 Å². The lowest BCUT2D eigenvalue weighted by Gasteiger charge is -2.36. The fourth-order valence-electron chi connectivity index (χ4n) is 3.74. The van der Waals surface area contributed by atoms with Gasteiger partial charge in [-0.3, -0.25) is 0 Å². The lowest BCUT2D eigenvalue weighted by Crippen LogP contribution is -2.53. The molecule has 0 bridgehead atoms. The molecule has 2 atom stereocenters. The number of benzene rings is 2. The minimum absolute atomic E-state index is 0.254. The highest BCUT2D eigenvalue weighted by Gasteiger charge is 2.54. The summed E-state index contributed by atoms with van der Waals surface area (Å²) in [7, 11) is 1.35. The Balaban J connectivity index is 2.14. The summed E-state index contributed by atoms with van der Waals surface area (Å²) < 4.78 is 32.0. The Kier molecular flexibility index (Phi) is 5.77. The lowest BCUT2D eigenvalue weighted by atomic mass is 9.77. The number of ether oxygens (including phenoxy) is 1. The second-order valence-corrected chi connectivity index (χ2v) is 7.11. The molecule has 0 aliphatic carbocycles. The molecule has 0 saturated heterocycles. The highest BCUT2D eigenvalue weighted by Crippen LogP contribution is 2.42. The van der Waals surface area contributed by atoms with E-state index in [2.05, 4.69) is 6.92 Å². The molecule has 0 N–H and O–H groups in total. The number of hydrogen-bond donors (Lipinski definition) is 0. The minimum Gasteiger partial charge on any atom is -0.467 e. The summed E-state index contributed by atoms with van der Waals surface area (Å²) in [6.07, 6.45) is 2.58. The van der Waals surface area contributed by atoms with Crippen molar-refractivity contribution in [3.63, 3.8) is 0 Å². The first kappa shape index (κ1) is 20.0. The van der Waals surface area contributed by atoms with Crippen molar-refractivity contribution in [3.8, 4) is 0 Å². The van der Waals surface area contributed by atoms with Crippen molar-refractivity contribution in [2.45, 2.75) is 38.6 Å². The Morgan fingerprint density at radius 1 is 1.11 bits per heavy atom. The molecular formula is C22H24F2N2O2. The first-order valence-corrected chi connectivity index (χ1v) is 9.40. The Morgan fingerprint density at radius 3 is 2.21 bits per heavy atom. The van der Waals surface area contributed by atoms with E-state index in [4.69, 9.17) is 9.84 Å². The average molecular weight is 386 g/mol. The van der Waals surface area contributed by atoms with Crippen molar-refractivity contribution in [3.05, 3.63) is 65.7 Å². The third kappa shape index (κ3) is 3.51. The molecule has 0 saturated carbocycles. The minimum atomic E-state index is -1.09. The van der Waals surface area contributed by atoms with Crippen LogP contribution >= 0.6 is 0 Å². The third-order valence-electron chi connectivity index (χ3n) is 5.31. The summed E-state index contributed by atoms with van der Waals surface area (Å²) in [5, 5.41) is 6.36. The SMILES string of the molecule is CCCCC1C(c2ccc(F)cc2)=NN(c2ccc(F)cc2)C1(C)C(=O)OC. The van der Waals surface area contributed by atoms with Crippen LogP contribution in [0.5, 0.6) is 0 Å². The van der Waals surface area contributed by atoms with Crippen molar-refractivity contribution in [1.82, 2.24) is 0 Å². The number of methoxy groups -OCH3 is 1. The van der Waals surface area contributed by atoms with E-state index in [0.29, 0.717) is 11.4 Å². The summed E-state index contributed by atoms with van der Waals surface area (Å²) in [6.45, 7) is 3.87. The van der Waals surface area contributed by atoms with E-state index in [1.807, 2.05) is 0 Å². The van der Waals surface area contributed by atoms with Crippen molar-refractivity contribution in [2.75, 3.05) is 12.1 Å². The first-order chi connectivity index (χ1) is 13.4. The van der Waals surface area contributed by atoms with Crippen molar-refractivity contribution < 1.29 is 18.3 Å². The van der Waals surface area contributed by atoms with Gasteiger partial charge in [-0.05, 0) is 55.3 Å². The van der Waals surface area contributed by atoms with Crippen LogP contribution in [0.3, 0.4) is 0 Å². The molecule has 148 valence electrons. The number of carbonyl (C=O) groups excluding carboxylic acids is 1. The number of rotatable bonds is 6. The molecule has 3 rings (SSSR count).